The average molecular weight is 358 g/mol. The van der Waals surface area contributed by atoms with Gasteiger partial charge in [0, 0.05) is 23.2 Å². The van der Waals surface area contributed by atoms with Gasteiger partial charge in [0.25, 0.3) is 5.91 Å². The van der Waals surface area contributed by atoms with Crippen LogP contribution in [0.5, 0.6) is 0 Å². The van der Waals surface area contributed by atoms with Crippen molar-refractivity contribution in [2.45, 2.75) is 26.7 Å². The van der Waals surface area contributed by atoms with Gasteiger partial charge in [0.15, 0.2) is 10.8 Å². The lowest BCUT2D eigenvalue weighted by Crippen LogP contribution is -2.11. The van der Waals surface area contributed by atoms with Crippen LogP contribution in [-0.4, -0.2) is 21.1 Å². The minimum atomic E-state index is -0.283. The third-order valence-corrected chi connectivity index (χ3v) is 4.47. The van der Waals surface area contributed by atoms with Gasteiger partial charge in [-0.15, -0.1) is 11.3 Å². The number of anilines is 1. The Labute approximate surface area is 149 Å². The number of nitrogens with one attached hydrogen (secondary N) is 2. The third-order valence-electron chi connectivity index (χ3n) is 3.56. The van der Waals surface area contributed by atoms with Crippen molar-refractivity contribution >= 4 is 22.4 Å². The summed E-state index contributed by atoms with van der Waals surface area (Å²) in [4.78, 5) is 17.5. The molecule has 0 aliphatic rings. The Hall–Kier alpha value is -2.54. The maximum absolute atomic E-state index is 12.9. The highest BCUT2D eigenvalue weighted by atomic mass is 32.1. The molecular formula is C18H19FN4OS. The molecule has 0 spiro atoms. The molecule has 130 valence electrons. The summed E-state index contributed by atoms with van der Waals surface area (Å²) in [6, 6.07) is 8.12. The second-order valence-corrected chi connectivity index (χ2v) is 7.38. The minimum absolute atomic E-state index is 0.253. The van der Waals surface area contributed by atoms with E-state index < -0.39 is 0 Å². The van der Waals surface area contributed by atoms with Crippen molar-refractivity contribution in [3.05, 3.63) is 64.2 Å². The smallest absolute Gasteiger partial charge is 0.277 e. The van der Waals surface area contributed by atoms with Crippen LogP contribution in [0.1, 0.15) is 40.5 Å². The molecule has 0 radical (unpaired) electrons. The van der Waals surface area contributed by atoms with Crippen molar-refractivity contribution in [1.82, 2.24) is 15.2 Å². The van der Waals surface area contributed by atoms with E-state index in [0.717, 1.165) is 22.6 Å². The van der Waals surface area contributed by atoms with Crippen LogP contribution in [0.4, 0.5) is 9.52 Å². The largest absolute Gasteiger partial charge is 0.296 e. The number of nitrogens with zero attached hydrogens (tertiary/aromatic N) is 2. The molecule has 0 saturated heterocycles. The van der Waals surface area contributed by atoms with Crippen molar-refractivity contribution in [3.8, 4) is 0 Å². The molecule has 7 heteroatoms. The summed E-state index contributed by atoms with van der Waals surface area (Å²) in [5.74, 6) is -0.0462. The van der Waals surface area contributed by atoms with Crippen LogP contribution < -0.4 is 5.32 Å². The normalized spacial score (nSPS) is 11.0. The average Bonchev–Trinajstić information content (AvgIpc) is 3.19. The molecule has 0 aliphatic heterocycles. The fourth-order valence-electron chi connectivity index (χ4n) is 2.43. The first kappa shape index (κ1) is 17.3. The van der Waals surface area contributed by atoms with Gasteiger partial charge in [-0.2, -0.15) is 5.10 Å². The summed E-state index contributed by atoms with van der Waals surface area (Å²) in [6.07, 6.45) is 3.21. The monoisotopic (exact) mass is 358 g/mol. The fraction of sp³-hybridized carbons (Fsp3) is 0.278. The van der Waals surface area contributed by atoms with Crippen molar-refractivity contribution in [3.63, 3.8) is 0 Å². The molecule has 0 aliphatic carbocycles. The first-order valence-corrected chi connectivity index (χ1v) is 8.86. The first-order chi connectivity index (χ1) is 12.0. The Kier molecular flexibility index (Phi) is 5.23. The van der Waals surface area contributed by atoms with Crippen LogP contribution in [-0.2, 0) is 12.8 Å². The lowest BCUT2D eigenvalue weighted by molar-refractivity contribution is 0.102. The fourth-order valence-corrected chi connectivity index (χ4v) is 3.28. The highest BCUT2D eigenvalue weighted by Gasteiger charge is 2.13. The van der Waals surface area contributed by atoms with Gasteiger partial charge in [-0.05, 0) is 36.1 Å². The highest BCUT2D eigenvalue weighted by Crippen LogP contribution is 2.22. The molecule has 5 nitrogen and oxygen atoms in total. The summed E-state index contributed by atoms with van der Waals surface area (Å²) in [5, 5.41) is 10.2. The zero-order valence-electron chi connectivity index (χ0n) is 14.0. The first-order valence-electron chi connectivity index (χ1n) is 8.04. The van der Waals surface area contributed by atoms with E-state index in [1.54, 1.807) is 24.4 Å². The molecule has 0 bridgehead atoms. The number of rotatable bonds is 6. The number of aromatic amines is 1. The molecule has 2 aromatic heterocycles. The summed E-state index contributed by atoms with van der Waals surface area (Å²) < 4.78 is 12.9. The summed E-state index contributed by atoms with van der Waals surface area (Å²) >= 11 is 1.40. The zero-order chi connectivity index (χ0) is 17.8. The molecule has 3 aromatic rings. The Morgan fingerprint density at radius 2 is 2.08 bits per heavy atom. The van der Waals surface area contributed by atoms with E-state index in [2.05, 4.69) is 34.3 Å². The minimum Gasteiger partial charge on any atom is -0.296 e. The molecule has 2 N–H and O–H groups in total. The molecule has 2 heterocycles. The predicted octanol–water partition coefficient (Wildman–Crippen LogP) is 4.05. The number of thiazole rings is 1. The maximum atomic E-state index is 12.9. The van der Waals surface area contributed by atoms with E-state index in [0.29, 0.717) is 23.2 Å². The van der Waals surface area contributed by atoms with Gasteiger partial charge in [0.05, 0.1) is 0 Å². The van der Waals surface area contributed by atoms with Crippen LogP contribution in [0.3, 0.4) is 0 Å². The van der Waals surface area contributed by atoms with Gasteiger partial charge in [-0.25, -0.2) is 9.37 Å². The quantitative estimate of drug-likeness (QED) is 0.698. The number of halogens is 1. The van der Waals surface area contributed by atoms with E-state index in [4.69, 9.17) is 0 Å². The van der Waals surface area contributed by atoms with Crippen molar-refractivity contribution in [1.29, 1.82) is 0 Å². The van der Waals surface area contributed by atoms with Gasteiger partial charge in [0.2, 0.25) is 0 Å². The van der Waals surface area contributed by atoms with E-state index in [9.17, 15) is 9.18 Å². The molecule has 0 fully saturated rings. The van der Waals surface area contributed by atoms with Crippen molar-refractivity contribution in [2.24, 2.45) is 5.92 Å². The second-order valence-electron chi connectivity index (χ2n) is 6.27. The number of H-pyrrole nitrogens is 1. The number of amides is 1. The van der Waals surface area contributed by atoms with Crippen molar-refractivity contribution < 1.29 is 9.18 Å². The van der Waals surface area contributed by atoms with Crippen LogP contribution >= 0.6 is 11.3 Å². The highest BCUT2D eigenvalue weighted by molar-refractivity contribution is 7.15. The van der Waals surface area contributed by atoms with Gasteiger partial charge in [-0.3, -0.25) is 15.2 Å². The van der Waals surface area contributed by atoms with E-state index in [-0.39, 0.29) is 11.7 Å². The standard InChI is InChI=1S/C18H19FN4OS/c1-11(2)7-14-9-16(23-22-14)17(24)21-18-20-10-15(25-18)8-12-3-5-13(19)6-4-12/h3-6,9-11H,7-8H2,1-2H3,(H,22,23)(H,20,21,24). The van der Waals surface area contributed by atoms with Crippen LogP contribution in [0.2, 0.25) is 0 Å². The lowest BCUT2D eigenvalue weighted by Gasteiger charge is -1.99. The number of hydrogen-bond donors (Lipinski definition) is 2. The van der Waals surface area contributed by atoms with E-state index in [1.807, 2.05) is 0 Å². The summed E-state index contributed by atoms with van der Waals surface area (Å²) in [5.41, 5.74) is 2.29. The molecule has 3 rings (SSSR count). The number of hydrogen-bond acceptors (Lipinski definition) is 4. The van der Waals surface area contributed by atoms with E-state index >= 15 is 0 Å². The van der Waals surface area contributed by atoms with Crippen LogP contribution in [0, 0.1) is 11.7 Å². The lowest BCUT2D eigenvalue weighted by atomic mass is 10.1. The van der Waals surface area contributed by atoms with Crippen LogP contribution in [0.15, 0.2) is 36.5 Å². The summed E-state index contributed by atoms with van der Waals surface area (Å²) in [6.45, 7) is 4.22. The number of carbonyl (C=O) groups is 1. The topological polar surface area (TPSA) is 70.7 Å². The Morgan fingerprint density at radius 1 is 1.32 bits per heavy atom. The van der Waals surface area contributed by atoms with E-state index in [1.165, 1.54) is 23.5 Å². The van der Waals surface area contributed by atoms with Gasteiger partial charge in [0.1, 0.15) is 5.82 Å². The predicted molar refractivity (Wildman–Crippen MR) is 96.4 cm³/mol. The molecule has 1 amide bonds. The number of aromatic nitrogens is 3. The van der Waals surface area contributed by atoms with Gasteiger partial charge in [-0.1, -0.05) is 26.0 Å². The number of benzene rings is 1. The number of carbonyl (C=O) groups excluding carboxylic acids is 1. The molecule has 0 unspecified atom stereocenters. The van der Waals surface area contributed by atoms with Gasteiger partial charge < -0.3 is 0 Å². The molecule has 25 heavy (non-hydrogen) atoms. The van der Waals surface area contributed by atoms with Crippen molar-refractivity contribution in [2.75, 3.05) is 5.32 Å². The Morgan fingerprint density at radius 3 is 2.80 bits per heavy atom. The zero-order valence-corrected chi connectivity index (χ0v) is 14.9. The molecule has 0 saturated carbocycles. The summed E-state index contributed by atoms with van der Waals surface area (Å²) in [7, 11) is 0. The van der Waals surface area contributed by atoms with Crippen LogP contribution in [0.25, 0.3) is 0 Å². The third kappa shape index (κ3) is 4.73. The SMILES string of the molecule is CC(C)Cc1cc(C(=O)Nc2ncc(Cc3ccc(F)cc3)s2)n[nH]1. The molecule has 0 atom stereocenters. The molecular weight excluding hydrogens is 339 g/mol. The molecule has 1 aromatic carbocycles. The second kappa shape index (κ2) is 7.57. The Balaban J connectivity index is 1.61. The maximum Gasteiger partial charge on any atom is 0.277 e. The Bertz CT molecular complexity index is 854. The van der Waals surface area contributed by atoms with Gasteiger partial charge >= 0.3 is 0 Å².